The van der Waals surface area contributed by atoms with Crippen molar-refractivity contribution in [2.24, 2.45) is 10.8 Å². The maximum Gasteiger partial charge on any atom is 0.221 e. The van der Waals surface area contributed by atoms with Crippen LogP contribution in [0, 0.1) is 0 Å². The lowest BCUT2D eigenvalue weighted by Crippen LogP contribution is -2.35. The molecular weight excluding hydrogens is 244 g/mol. The lowest BCUT2D eigenvalue weighted by atomic mass is 10.3. The lowest BCUT2D eigenvalue weighted by Gasteiger charge is -2.09. The number of hydrazine groups is 1. The van der Waals surface area contributed by atoms with Gasteiger partial charge in [-0.25, -0.2) is 10.8 Å². The second kappa shape index (κ2) is 4.36. The summed E-state index contributed by atoms with van der Waals surface area (Å²) in [6, 6.07) is 5.49. The van der Waals surface area contributed by atoms with E-state index in [1.807, 2.05) is 18.2 Å². The average Bonchev–Trinajstić information content (AvgIpc) is 2.93. The number of nitrogens with two attached hydrogens (primary N) is 1. The molecule has 2 aromatic rings. The van der Waals surface area contributed by atoms with Gasteiger partial charge in [0.2, 0.25) is 5.91 Å². The Morgan fingerprint density at radius 2 is 2.37 bits per heavy atom. The predicted octanol–water partition coefficient (Wildman–Crippen LogP) is 0.457. The second-order valence-electron chi connectivity index (χ2n) is 4.40. The van der Waals surface area contributed by atoms with E-state index in [4.69, 9.17) is 5.84 Å². The zero-order valence-electron chi connectivity index (χ0n) is 10.5. The Morgan fingerprint density at radius 1 is 1.53 bits per heavy atom. The van der Waals surface area contributed by atoms with Gasteiger partial charge in [-0.2, -0.15) is 0 Å². The van der Waals surface area contributed by atoms with Crippen LogP contribution in [0.2, 0.25) is 0 Å². The summed E-state index contributed by atoms with van der Waals surface area (Å²) in [5.41, 5.74) is 2.38. The van der Waals surface area contributed by atoms with Crippen molar-refractivity contribution < 1.29 is 4.79 Å². The summed E-state index contributed by atoms with van der Waals surface area (Å²) < 4.78 is 0. The molecule has 0 aliphatic carbocycles. The van der Waals surface area contributed by atoms with Gasteiger partial charge in [-0.05, 0) is 18.2 Å². The molecule has 98 valence electrons. The number of aliphatic imine (C=N–C) groups is 1. The highest BCUT2D eigenvalue weighted by molar-refractivity contribution is 5.99. The van der Waals surface area contributed by atoms with Crippen LogP contribution in [-0.2, 0) is 4.79 Å². The van der Waals surface area contributed by atoms with Gasteiger partial charge in [0.15, 0.2) is 11.7 Å². The van der Waals surface area contributed by atoms with Gasteiger partial charge in [0, 0.05) is 12.6 Å². The first-order valence-electron chi connectivity index (χ1n) is 5.98. The summed E-state index contributed by atoms with van der Waals surface area (Å²) in [5.74, 6) is 7.02. The molecule has 7 heteroatoms. The number of hydrogen-bond donors (Lipinski definition) is 3. The minimum absolute atomic E-state index is 0.104. The first kappa shape index (κ1) is 11.7. The maximum absolute atomic E-state index is 11.0. The van der Waals surface area contributed by atoms with Gasteiger partial charge in [0.1, 0.15) is 0 Å². The van der Waals surface area contributed by atoms with Crippen LogP contribution in [0.25, 0.3) is 11.0 Å². The zero-order valence-corrected chi connectivity index (χ0v) is 10.5. The van der Waals surface area contributed by atoms with Crippen molar-refractivity contribution in [1.82, 2.24) is 15.0 Å². The lowest BCUT2D eigenvalue weighted by molar-refractivity contribution is -0.114. The number of benzene rings is 1. The van der Waals surface area contributed by atoms with Gasteiger partial charge >= 0.3 is 0 Å². The van der Waals surface area contributed by atoms with E-state index in [1.54, 1.807) is 5.01 Å². The molecular formula is C12H14N6O. The summed E-state index contributed by atoms with van der Waals surface area (Å²) in [6.07, 6.45) is 0. The third kappa shape index (κ3) is 2.15. The Kier molecular flexibility index (Phi) is 2.68. The number of aromatic amines is 1. The van der Waals surface area contributed by atoms with E-state index in [-0.39, 0.29) is 5.91 Å². The molecule has 1 aromatic heterocycles. The van der Waals surface area contributed by atoms with Crippen LogP contribution in [0.3, 0.4) is 0 Å². The number of hydrogen-bond acceptors (Lipinski definition) is 5. The Hall–Kier alpha value is -2.41. The molecule has 0 fully saturated rings. The van der Waals surface area contributed by atoms with E-state index in [9.17, 15) is 4.79 Å². The summed E-state index contributed by atoms with van der Waals surface area (Å²) in [7, 11) is 0. The van der Waals surface area contributed by atoms with Crippen molar-refractivity contribution in [3.8, 4) is 0 Å². The van der Waals surface area contributed by atoms with Crippen molar-refractivity contribution >= 4 is 28.5 Å². The summed E-state index contributed by atoms with van der Waals surface area (Å²) in [5, 5.41) is 4.31. The molecule has 2 heterocycles. The highest BCUT2D eigenvalue weighted by Gasteiger charge is 2.18. The number of rotatable bonds is 2. The maximum atomic E-state index is 11.0. The molecule has 3 rings (SSSR count). The number of amidine groups is 1. The van der Waals surface area contributed by atoms with Crippen molar-refractivity contribution in [3.05, 3.63) is 24.0 Å². The zero-order chi connectivity index (χ0) is 13.4. The molecule has 1 aliphatic rings. The summed E-state index contributed by atoms with van der Waals surface area (Å²) >= 11 is 0. The van der Waals surface area contributed by atoms with E-state index in [1.165, 1.54) is 6.92 Å². The minimum atomic E-state index is -0.104. The van der Waals surface area contributed by atoms with E-state index in [0.717, 1.165) is 16.7 Å². The van der Waals surface area contributed by atoms with E-state index in [0.29, 0.717) is 24.7 Å². The second-order valence-corrected chi connectivity index (χ2v) is 4.40. The molecule has 0 atom stereocenters. The van der Waals surface area contributed by atoms with E-state index >= 15 is 0 Å². The monoisotopic (exact) mass is 258 g/mol. The first-order chi connectivity index (χ1) is 9.13. The minimum Gasteiger partial charge on any atom is -0.335 e. The van der Waals surface area contributed by atoms with Crippen LogP contribution < -0.4 is 11.2 Å². The molecule has 0 spiro atoms. The van der Waals surface area contributed by atoms with Gasteiger partial charge in [0.25, 0.3) is 0 Å². The van der Waals surface area contributed by atoms with Crippen molar-refractivity contribution in [1.29, 1.82) is 0 Å². The molecule has 7 nitrogen and oxygen atoms in total. The first-order valence-corrected chi connectivity index (χ1v) is 5.98. The standard InChI is InChI=1S/C12H14N6O/c1-7(19)15-8-2-3-9-10(6-8)17-11(16-9)12-14-4-5-18(12)13/h2-3,6H,4-5,13H2,1H3,(H,15,19)(H,16,17). The molecule has 0 radical (unpaired) electrons. The highest BCUT2D eigenvalue weighted by Crippen LogP contribution is 2.18. The van der Waals surface area contributed by atoms with Crippen LogP contribution in [0.15, 0.2) is 23.2 Å². The van der Waals surface area contributed by atoms with Crippen molar-refractivity contribution in [2.45, 2.75) is 6.92 Å². The van der Waals surface area contributed by atoms with Gasteiger partial charge in [-0.1, -0.05) is 0 Å². The number of carbonyl (C=O) groups is 1. The van der Waals surface area contributed by atoms with Crippen LogP contribution in [0.1, 0.15) is 12.7 Å². The Bertz CT molecular complexity index is 674. The van der Waals surface area contributed by atoms with E-state index < -0.39 is 0 Å². The fraction of sp³-hybridized carbons (Fsp3) is 0.250. The molecule has 1 aliphatic heterocycles. The number of nitrogens with zero attached hydrogens (tertiary/aromatic N) is 3. The summed E-state index contributed by atoms with van der Waals surface area (Å²) in [6.45, 7) is 2.85. The SMILES string of the molecule is CC(=O)Nc1ccc2nc(C3=NCCN3N)[nH]c2c1. The van der Waals surface area contributed by atoms with Gasteiger partial charge in [0.05, 0.1) is 24.1 Å². The van der Waals surface area contributed by atoms with Crippen molar-refractivity contribution in [3.63, 3.8) is 0 Å². The van der Waals surface area contributed by atoms with Crippen LogP contribution in [-0.4, -0.2) is 39.8 Å². The predicted molar refractivity (Wildman–Crippen MR) is 72.7 cm³/mol. The number of amides is 1. The number of anilines is 1. The third-order valence-electron chi connectivity index (χ3n) is 2.89. The fourth-order valence-corrected chi connectivity index (χ4v) is 2.07. The normalized spacial score (nSPS) is 14.8. The van der Waals surface area contributed by atoms with Crippen LogP contribution >= 0.6 is 0 Å². The Morgan fingerprint density at radius 3 is 3.05 bits per heavy atom. The number of fused-ring (bicyclic) bond motifs is 1. The Balaban J connectivity index is 1.99. The van der Waals surface area contributed by atoms with Gasteiger partial charge < -0.3 is 10.3 Å². The molecule has 0 bridgehead atoms. The van der Waals surface area contributed by atoms with Crippen LogP contribution in [0.5, 0.6) is 0 Å². The molecule has 4 N–H and O–H groups in total. The van der Waals surface area contributed by atoms with Gasteiger partial charge in [-0.15, -0.1) is 0 Å². The van der Waals surface area contributed by atoms with Crippen molar-refractivity contribution in [2.75, 3.05) is 18.4 Å². The smallest absolute Gasteiger partial charge is 0.221 e. The average molecular weight is 258 g/mol. The molecule has 0 saturated carbocycles. The van der Waals surface area contributed by atoms with Gasteiger partial charge in [-0.3, -0.25) is 14.8 Å². The Labute approximate surface area is 109 Å². The summed E-state index contributed by atoms with van der Waals surface area (Å²) in [4.78, 5) is 22.9. The topological polar surface area (TPSA) is 99.4 Å². The largest absolute Gasteiger partial charge is 0.335 e. The molecule has 1 amide bonds. The quantitative estimate of drug-likeness (QED) is 0.681. The fourth-order valence-electron chi connectivity index (χ4n) is 2.07. The highest BCUT2D eigenvalue weighted by atomic mass is 16.1. The molecule has 1 aromatic carbocycles. The number of H-pyrrole nitrogens is 1. The number of aromatic nitrogens is 2. The molecule has 19 heavy (non-hydrogen) atoms. The molecule has 0 saturated heterocycles. The number of carbonyl (C=O) groups excluding carboxylic acids is 1. The third-order valence-corrected chi connectivity index (χ3v) is 2.89. The van der Waals surface area contributed by atoms with E-state index in [2.05, 4.69) is 20.3 Å². The molecule has 0 unspecified atom stereocenters. The van der Waals surface area contributed by atoms with Crippen LogP contribution in [0.4, 0.5) is 5.69 Å². The number of imidazole rings is 1. The number of nitrogens with one attached hydrogen (secondary N) is 2.